The monoisotopic (exact) mass is 291 g/mol. The van der Waals surface area contributed by atoms with Gasteiger partial charge in [-0.25, -0.2) is 9.37 Å². The maximum Gasteiger partial charge on any atom is 0.147 e. The fourth-order valence-electron chi connectivity index (χ4n) is 1.31. The second kappa shape index (κ2) is 4.93. The first-order valence-electron chi connectivity index (χ1n) is 4.79. The van der Waals surface area contributed by atoms with Crippen molar-refractivity contribution in [1.29, 1.82) is 5.26 Å². The molecule has 0 aliphatic carbocycles. The Morgan fingerprint density at radius 2 is 2.00 bits per heavy atom. The second-order valence-corrected chi connectivity index (χ2v) is 4.10. The smallest absolute Gasteiger partial charge is 0.147 e. The highest BCUT2D eigenvalue weighted by Gasteiger charge is 2.07. The summed E-state index contributed by atoms with van der Waals surface area (Å²) in [6, 6.07) is 11.5. The summed E-state index contributed by atoms with van der Waals surface area (Å²) in [5.74, 6) is 0.0402. The van der Waals surface area contributed by atoms with Gasteiger partial charge in [0.15, 0.2) is 0 Å². The highest BCUT2D eigenvalue weighted by molar-refractivity contribution is 9.10. The van der Waals surface area contributed by atoms with Gasteiger partial charge in [0.05, 0.1) is 5.69 Å². The predicted molar refractivity (Wildman–Crippen MR) is 66.3 cm³/mol. The average molecular weight is 292 g/mol. The van der Waals surface area contributed by atoms with Gasteiger partial charge in [0.25, 0.3) is 0 Å². The van der Waals surface area contributed by atoms with E-state index in [1.807, 2.05) is 6.07 Å². The molecule has 17 heavy (non-hydrogen) atoms. The number of halogens is 2. The summed E-state index contributed by atoms with van der Waals surface area (Å²) < 4.78 is 14.1. The molecule has 3 nitrogen and oxygen atoms in total. The topological polar surface area (TPSA) is 48.7 Å². The Morgan fingerprint density at radius 1 is 1.24 bits per heavy atom. The zero-order valence-electron chi connectivity index (χ0n) is 8.61. The number of nitrogens with zero attached hydrogens (tertiary/aromatic N) is 2. The van der Waals surface area contributed by atoms with Crippen molar-refractivity contribution in [3.63, 3.8) is 0 Å². The lowest BCUT2D eigenvalue weighted by molar-refractivity contribution is 0.631. The van der Waals surface area contributed by atoms with E-state index >= 15 is 0 Å². The fourth-order valence-corrected chi connectivity index (χ4v) is 1.75. The highest BCUT2D eigenvalue weighted by Crippen LogP contribution is 2.27. The van der Waals surface area contributed by atoms with Gasteiger partial charge in [-0.3, -0.25) is 0 Å². The molecule has 0 bridgehead atoms. The van der Waals surface area contributed by atoms with E-state index in [0.29, 0.717) is 16.0 Å². The van der Waals surface area contributed by atoms with Crippen molar-refractivity contribution in [3.05, 3.63) is 52.4 Å². The van der Waals surface area contributed by atoms with Crippen LogP contribution in [0.2, 0.25) is 0 Å². The molecule has 2 rings (SSSR count). The lowest BCUT2D eigenvalue weighted by Crippen LogP contribution is -1.98. The van der Waals surface area contributed by atoms with E-state index in [4.69, 9.17) is 5.26 Å². The number of para-hydroxylation sites is 1. The molecule has 0 atom stereocenters. The number of rotatable bonds is 2. The molecule has 1 aromatic heterocycles. The first kappa shape index (κ1) is 11.6. The molecule has 0 aliphatic heterocycles. The van der Waals surface area contributed by atoms with Crippen LogP contribution in [0, 0.1) is 17.1 Å². The van der Waals surface area contributed by atoms with Crippen LogP contribution in [0.3, 0.4) is 0 Å². The van der Waals surface area contributed by atoms with Gasteiger partial charge >= 0.3 is 0 Å². The van der Waals surface area contributed by atoms with Crippen LogP contribution in [0.4, 0.5) is 15.9 Å². The summed E-state index contributed by atoms with van der Waals surface area (Å²) in [7, 11) is 0. The summed E-state index contributed by atoms with van der Waals surface area (Å²) in [4.78, 5) is 4.01. The zero-order valence-corrected chi connectivity index (χ0v) is 10.2. The van der Waals surface area contributed by atoms with Crippen molar-refractivity contribution in [2.24, 2.45) is 0 Å². The molecule has 0 radical (unpaired) electrons. The molecule has 0 saturated heterocycles. The van der Waals surface area contributed by atoms with Crippen LogP contribution in [-0.2, 0) is 0 Å². The molecule has 5 heteroatoms. The quantitative estimate of drug-likeness (QED) is 0.920. The van der Waals surface area contributed by atoms with Crippen LogP contribution in [0.25, 0.3) is 0 Å². The lowest BCUT2D eigenvalue weighted by Gasteiger charge is -2.08. The molecule has 1 heterocycles. The van der Waals surface area contributed by atoms with Gasteiger partial charge < -0.3 is 5.32 Å². The van der Waals surface area contributed by atoms with E-state index in [9.17, 15) is 4.39 Å². The molecule has 1 aromatic carbocycles. The Morgan fingerprint density at radius 3 is 2.71 bits per heavy atom. The van der Waals surface area contributed by atoms with E-state index < -0.39 is 0 Å². The molecule has 0 aliphatic rings. The fraction of sp³-hybridized carbons (Fsp3) is 0. The van der Waals surface area contributed by atoms with E-state index in [-0.39, 0.29) is 11.5 Å². The van der Waals surface area contributed by atoms with Crippen LogP contribution in [0.15, 0.2) is 40.9 Å². The normalized spacial score (nSPS) is 9.71. The molecule has 1 N–H and O–H groups in total. The largest absolute Gasteiger partial charge is 0.337 e. The highest BCUT2D eigenvalue weighted by atomic mass is 79.9. The average Bonchev–Trinajstić information content (AvgIpc) is 2.34. The minimum Gasteiger partial charge on any atom is -0.337 e. The molecule has 0 fully saturated rings. The van der Waals surface area contributed by atoms with E-state index in [0.717, 1.165) is 0 Å². The third-order valence-electron chi connectivity index (χ3n) is 2.08. The number of anilines is 2. The number of hydrogen-bond acceptors (Lipinski definition) is 3. The number of hydrogen-bond donors (Lipinski definition) is 1. The number of pyridine rings is 1. The Labute approximate surface area is 106 Å². The second-order valence-electron chi connectivity index (χ2n) is 3.24. The van der Waals surface area contributed by atoms with Gasteiger partial charge in [-0.1, -0.05) is 12.1 Å². The Bertz CT molecular complexity index is 572. The molecule has 0 amide bonds. The van der Waals surface area contributed by atoms with Crippen molar-refractivity contribution >= 4 is 27.4 Å². The van der Waals surface area contributed by atoms with E-state index in [2.05, 4.69) is 26.2 Å². The number of nitrogens with one attached hydrogen (secondary N) is 1. The van der Waals surface area contributed by atoms with Gasteiger partial charge in [-0.2, -0.15) is 5.26 Å². The van der Waals surface area contributed by atoms with Crippen molar-refractivity contribution in [3.8, 4) is 6.07 Å². The number of aromatic nitrogens is 1. The molecule has 0 unspecified atom stereocenters. The maximum atomic E-state index is 13.5. The van der Waals surface area contributed by atoms with Crippen molar-refractivity contribution < 1.29 is 4.39 Å². The minimum atomic E-state index is -0.386. The third-order valence-corrected chi connectivity index (χ3v) is 2.74. The zero-order chi connectivity index (χ0) is 12.3. The summed E-state index contributed by atoms with van der Waals surface area (Å²) in [5, 5.41) is 11.5. The number of benzene rings is 1. The third kappa shape index (κ3) is 2.60. The molecular formula is C12H7BrFN3. The van der Waals surface area contributed by atoms with Crippen molar-refractivity contribution in [2.45, 2.75) is 0 Å². The van der Waals surface area contributed by atoms with Crippen molar-refractivity contribution in [1.82, 2.24) is 4.98 Å². The summed E-state index contributed by atoms with van der Waals surface area (Å²) in [6.07, 6.45) is 0. The minimum absolute atomic E-state index is 0.280. The molecule has 0 saturated carbocycles. The van der Waals surface area contributed by atoms with Gasteiger partial charge in [-0.15, -0.1) is 0 Å². The maximum absolute atomic E-state index is 13.5. The molecule has 84 valence electrons. The molecule has 0 spiro atoms. The SMILES string of the molecule is N#Cc1cccc(Nc2c(F)cccc2Br)n1. The van der Waals surface area contributed by atoms with E-state index in [1.54, 1.807) is 30.3 Å². The number of nitriles is 1. The van der Waals surface area contributed by atoms with Crippen LogP contribution in [0.1, 0.15) is 5.69 Å². The van der Waals surface area contributed by atoms with E-state index in [1.165, 1.54) is 6.07 Å². The van der Waals surface area contributed by atoms with Gasteiger partial charge in [-0.05, 0) is 40.2 Å². The Balaban J connectivity index is 2.35. The van der Waals surface area contributed by atoms with Gasteiger partial charge in [0.1, 0.15) is 23.4 Å². The van der Waals surface area contributed by atoms with Gasteiger partial charge in [0.2, 0.25) is 0 Å². The molecule has 2 aromatic rings. The van der Waals surface area contributed by atoms with Crippen LogP contribution >= 0.6 is 15.9 Å². The van der Waals surface area contributed by atoms with Crippen LogP contribution in [-0.4, -0.2) is 4.98 Å². The summed E-state index contributed by atoms with van der Waals surface area (Å²) in [6.45, 7) is 0. The first-order valence-corrected chi connectivity index (χ1v) is 5.58. The Hall–Kier alpha value is -1.93. The van der Waals surface area contributed by atoms with Crippen molar-refractivity contribution in [2.75, 3.05) is 5.32 Å². The Kier molecular flexibility index (Phi) is 3.35. The molecular weight excluding hydrogens is 285 g/mol. The van der Waals surface area contributed by atoms with Gasteiger partial charge in [0, 0.05) is 4.47 Å². The first-order chi connectivity index (χ1) is 8.20. The summed E-state index contributed by atoms with van der Waals surface area (Å²) >= 11 is 3.24. The predicted octanol–water partition coefficient (Wildman–Crippen LogP) is 3.60. The standard InChI is InChI=1S/C12H7BrFN3/c13-9-4-2-5-10(14)12(9)17-11-6-1-3-8(7-15)16-11/h1-6H,(H,16,17). The van der Waals surface area contributed by atoms with Crippen LogP contribution in [0.5, 0.6) is 0 Å². The summed E-state index contributed by atoms with van der Waals surface area (Å²) in [5.41, 5.74) is 0.581. The van der Waals surface area contributed by atoms with Crippen LogP contribution < -0.4 is 5.32 Å². The lowest BCUT2D eigenvalue weighted by atomic mass is 10.3.